The molecule has 2 aromatic heterocycles. The number of hydrogen-bond acceptors (Lipinski definition) is 7. The Labute approximate surface area is 143 Å². The molecule has 7 heteroatoms. The van der Waals surface area contributed by atoms with Crippen LogP contribution >= 0.6 is 11.5 Å². The monoisotopic (exact) mass is 343 g/mol. The molecule has 1 unspecified atom stereocenters. The summed E-state index contributed by atoms with van der Waals surface area (Å²) in [5.74, 6) is 0.0785. The van der Waals surface area contributed by atoms with Crippen molar-refractivity contribution in [2.45, 2.75) is 32.8 Å². The summed E-state index contributed by atoms with van der Waals surface area (Å²) in [4.78, 5) is 16.9. The van der Waals surface area contributed by atoms with E-state index < -0.39 is 5.97 Å². The van der Waals surface area contributed by atoms with Crippen molar-refractivity contribution in [2.24, 2.45) is 0 Å². The van der Waals surface area contributed by atoms with Crippen molar-refractivity contribution in [3.63, 3.8) is 0 Å². The number of aromatic nitrogens is 3. The van der Waals surface area contributed by atoms with E-state index in [1.807, 2.05) is 25.1 Å². The van der Waals surface area contributed by atoms with Gasteiger partial charge in [0.2, 0.25) is 0 Å². The molecular formula is C17H17N3O3S. The topological polar surface area (TPSA) is 78.1 Å². The summed E-state index contributed by atoms with van der Waals surface area (Å²) in [6.45, 7) is 3.61. The third-order valence-electron chi connectivity index (χ3n) is 3.53. The molecule has 0 bridgehead atoms. The number of rotatable bonds is 6. The van der Waals surface area contributed by atoms with Crippen molar-refractivity contribution in [3.8, 4) is 11.4 Å². The van der Waals surface area contributed by atoms with Crippen LogP contribution in [0.2, 0.25) is 0 Å². The first kappa shape index (κ1) is 16.3. The maximum atomic E-state index is 12.4. The maximum Gasteiger partial charge on any atom is 0.352 e. The minimum Gasteiger partial charge on any atom is -0.458 e. The highest BCUT2D eigenvalue weighted by Gasteiger charge is 2.23. The van der Waals surface area contributed by atoms with Crippen molar-refractivity contribution in [1.82, 2.24) is 14.6 Å². The summed E-state index contributed by atoms with van der Waals surface area (Å²) in [5.41, 5.74) is 2.11. The highest BCUT2D eigenvalue weighted by atomic mass is 32.1. The van der Waals surface area contributed by atoms with E-state index in [-0.39, 0.29) is 6.10 Å². The number of ether oxygens (including phenoxy) is 1. The first-order valence-corrected chi connectivity index (χ1v) is 8.40. The first-order valence-electron chi connectivity index (χ1n) is 7.63. The normalized spacial score (nSPS) is 12.1. The van der Waals surface area contributed by atoms with Crippen LogP contribution in [0.3, 0.4) is 0 Å². The highest BCUT2D eigenvalue weighted by Crippen LogP contribution is 2.24. The largest absolute Gasteiger partial charge is 0.458 e. The summed E-state index contributed by atoms with van der Waals surface area (Å²) in [6.07, 6.45) is 2.86. The van der Waals surface area contributed by atoms with E-state index in [9.17, 15) is 4.79 Å². The molecule has 0 aliphatic rings. The molecule has 0 amide bonds. The maximum absolute atomic E-state index is 12.4. The van der Waals surface area contributed by atoms with Gasteiger partial charge in [-0.3, -0.25) is 0 Å². The summed E-state index contributed by atoms with van der Waals surface area (Å²) < 4.78 is 14.5. The van der Waals surface area contributed by atoms with E-state index in [0.29, 0.717) is 22.2 Å². The van der Waals surface area contributed by atoms with E-state index in [0.717, 1.165) is 24.4 Å². The number of oxazole rings is 1. The van der Waals surface area contributed by atoms with Crippen LogP contribution in [-0.2, 0) is 11.2 Å². The van der Waals surface area contributed by atoms with E-state index in [4.69, 9.17) is 9.15 Å². The molecule has 0 aliphatic heterocycles. The fourth-order valence-corrected chi connectivity index (χ4v) is 2.83. The number of nitrogens with zero attached hydrogens (tertiary/aromatic N) is 3. The minimum absolute atomic E-state index is 0.202. The van der Waals surface area contributed by atoms with E-state index in [1.54, 1.807) is 6.92 Å². The minimum atomic E-state index is -0.429. The Kier molecular flexibility index (Phi) is 5.00. The Bertz CT molecular complexity index is 813. The van der Waals surface area contributed by atoms with E-state index in [1.165, 1.54) is 11.8 Å². The molecule has 2 heterocycles. The third kappa shape index (κ3) is 3.86. The van der Waals surface area contributed by atoms with Crippen LogP contribution < -0.4 is 0 Å². The van der Waals surface area contributed by atoms with Gasteiger partial charge < -0.3 is 9.15 Å². The molecule has 124 valence electrons. The van der Waals surface area contributed by atoms with Crippen molar-refractivity contribution in [1.29, 1.82) is 0 Å². The number of carbonyl (C=O) groups excluding carboxylic acids is 1. The molecule has 0 saturated carbocycles. The Hall–Kier alpha value is -2.54. The Balaban J connectivity index is 1.62. The second kappa shape index (κ2) is 7.35. The van der Waals surface area contributed by atoms with Crippen LogP contribution in [0.1, 0.15) is 34.5 Å². The fourth-order valence-electron chi connectivity index (χ4n) is 2.27. The second-order valence-electron chi connectivity index (χ2n) is 5.44. The van der Waals surface area contributed by atoms with Gasteiger partial charge >= 0.3 is 5.97 Å². The summed E-state index contributed by atoms with van der Waals surface area (Å²) in [7, 11) is 0. The average molecular weight is 343 g/mol. The summed E-state index contributed by atoms with van der Waals surface area (Å²) >= 11 is 1.00. The number of hydrogen-bond donors (Lipinski definition) is 0. The predicted molar refractivity (Wildman–Crippen MR) is 89.8 cm³/mol. The second-order valence-corrected chi connectivity index (χ2v) is 6.20. The van der Waals surface area contributed by atoms with E-state index >= 15 is 0 Å². The number of esters is 1. The molecule has 0 fully saturated rings. The van der Waals surface area contributed by atoms with Crippen LogP contribution in [0.25, 0.3) is 11.4 Å². The van der Waals surface area contributed by atoms with Gasteiger partial charge in [-0.2, -0.15) is 0 Å². The first-order chi connectivity index (χ1) is 11.6. The number of carbonyl (C=O) groups is 1. The van der Waals surface area contributed by atoms with Gasteiger partial charge in [0.1, 0.15) is 17.7 Å². The predicted octanol–water partition coefficient (Wildman–Crippen LogP) is 3.68. The quantitative estimate of drug-likeness (QED) is 0.635. The zero-order chi connectivity index (χ0) is 16.9. The van der Waals surface area contributed by atoms with Crippen LogP contribution in [0, 0.1) is 6.92 Å². The lowest BCUT2D eigenvalue weighted by Gasteiger charge is -2.12. The van der Waals surface area contributed by atoms with Crippen molar-refractivity contribution < 1.29 is 13.9 Å². The van der Waals surface area contributed by atoms with Gasteiger partial charge in [-0.1, -0.05) is 34.8 Å². The average Bonchev–Trinajstić information content (AvgIpc) is 3.22. The molecule has 0 radical (unpaired) electrons. The van der Waals surface area contributed by atoms with Crippen LogP contribution in [0.4, 0.5) is 0 Å². The molecule has 1 atom stereocenters. The lowest BCUT2D eigenvalue weighted by molar-refractivity contribution is 0.0332. The Morgan fingerprint density at radius 1 is 1.33 bits per heavy atom. The molecule has 3 rings (SSSR count). The zero-order valence-corrected chi connectivity index (χ0v) is 14.2. The van der Waals surface area contributed by atoms with Gasteiger partial charge in [0, 0.05) is 6.92 Å². The summed E-state index contributed by atoms with van der Waals surface area (Å²) in [5, 5.41) is 3.97. The molecule has 0 spiro atoms. The van der Waals surface area contributed by atoms with Gasteiger partial charge in [-0.25, -0.2) is 9.78 Å². The van der Waals surface area contributed by atoms with Gasteiger partial charge in [-0.05, 0) is 36.9 Å². The third-order valence-corrected chi connectivity index (χ3v) is 4.23. The van der Waals surface area contributed by atoms with E-state index in [2.05, 4.69) is 26.7 Å². The molecule has 6 nitrogen and oxygen atoms in total. The SMILES string of the molecule is Cc1nc(-c2nnsc2C(=O)OC(C)CCc2ccccc2)co1. The fraction of sp³-hybridized carbons (Fsp3) is 0.294. The molecule has 24 heavy (non-hydrogen) atoms. The lowest BCUT2D eigenvalue weighted by atomic mass is 10.1. The van der Waals surface area contributed by atoms with Crippen molar-refractivity contribution in [3.05, 3.63) is 52.9 Å². The highest BCUT2D eigenvalue weighted by molar-refractivity contribution is 7.08. The van der Waals surface area contributed by atoms with Gasteiger partial charge in [0.15, 0.2) is 10.8 Å². The molecule has 0 N–H and O–H groups in total. The molecule has 0 saturated heterocycles. The molecule has 0 aliphatic carbocycles. The van der Waals surface area contributed by atoms with Crippen LogP contribution in [0.5, 0.6) is 0 Å². The van der Waals surface area contributed by atoms with Gasteiger partial charge in [-0.15, -0.1) is 5.10 Å². The standard InChI is InChI=1S/C17H17N3O3S/c1-11(8-9-13-6-4-3-5-7-13)23-17(21)16-15(19-20-24-16)14-10-22-12(2)18-14/h3-7,10-11H,8-9H2,1-2H3. The Morgan fingerprint density at radius 3 is 2.83 bits per heavy atom. The number of aryl methyl sites for hydroxylation is 2. The molecular weight excluding hydrogens is 326 g/mol. The number of benzene rings is 1. The van der Waals surface area contributed by atoms with Crippen molar-refractivity contribution in [2.75, 3.05) is 0 Å². The van der Waals surface area contributed by atoms with Crippen molar-refractivity contribution >= 4 is 17.5 Å². The zero-order valence-electron chi connectivity index (χ0n) is 13.4. The molecule has 1 aromatic carbocycles. The summed E-state index contributed by atoms with van der Waals surface area (Å²) in [6, 6.07) is 10.1. The van der Waals surface area contributed by atoms with Gasteiger partial charge in [0.05, 0.1) is 6.10 Å². The van der Waals surface area contributed by atoms with Crippen LogP contribution in [0.15, 0.2) is 41.0 Å². The van der Waals surface area contributed by atoms with Crippen LogP contribution in [-0.4, -0.2) is 26.6 Å². The smallest absolute Gasteiger partial charge is 0.352 e. The molecule has 3 aromatic rings. The van der Waals surface area contributed by atoms with Gasteiger partial charge in [0.25, 0.3) is 0 Å². The Morgan fingerprint density at radius 2 is 2.12 bits per heavy atom. The lowest BCUT2D eigenvalue weighted by Crippen LogP contribution is -2.15.